The van der Waals surface area contributed by atoms with Crippen molar-refractivity contribution < 1.29 is 4.74 Å². The molecule has 0 saturated carbocycles. The third-order valence-corrected chi connectivity index (χ3v) is 6.19. The molecule has 2 aromatic carbocycles. The monoisotopic (exact) mass is 471 g/mol. The van der Waals surface area contributed by atoms with Crippen molar-refractivity contribution in [1.82, 2.24) is 34.3 Å². The molecule has 4 aromatic heterocycles. The van der Waals surface area contributed by atoms with Crippen LogP contribution in [0.4, 0.5) is 0 Å². The average molecular weight is 472 g/mol. The summed E-state index contributed by atoms with van der Waals surface area (Å²) in [6.07, 6.45) is 5.81. The number of fused-ring (bicyclic) bond motifs is 4. The molecule has 0 radical (unpaired) electrons. The lowest BCUT2D eigenvalue weighted by molar-refractivity contribution is 0.415. The van der Waals surface area contributed by atoms with Crippen molar-refractivity contribution in [2.24, 2.45) is 0 Å². The maximum Gasteiger partial charge on any atom is 0.283 e. The van der Waals surface area contributed by atoms with Crippen LogP contribution in [0.3, 0.4) is 0 Å². The van der Waals surface area contributed by atoms with Crippen LogP contribution in [0, 0.1) is 0 Å². The number of aromatic amines is 1. The van der Waals surface area contributed by atoms with Gasteiger partial charge in [0.1, 0.15) is 12.1 Å². The predicted molar refractivity (Wildman–Crippen MR) is 129 cm³/mol. The summed E-state index contributed by atoms with van der Waals surface area (Å²) in [5, 5.41) is 14.6. The number of aromatic nitrogens is 7. The summed E-state index contributed by atoms with van der Waals surface area (Å²) in [7, 11) is 1.64. The van der Waals surface area contributed by atoms with Crippen LogP contribution in [0.2, 0.25) is 5.02 Å². The van der Waals surface area contributed by atoms with Crippen molar-refractivity contribution in [3.8, 4) is 16.9 Å². The second-order valence-electron chi connectivity index (χ2n) is 7.89. The Labute approximate surface area is 197 Å². The molecule has 0 aliphatic carbocycles. The summed E-state index contributed by atoms with van der Waals surface area (Å²) in [5.74, 6) is 0.786. The minimum absolute atomic E-state index is 0.168. The number of hydrogen-bond donors (Lipinski definition) is 1. The van der Waals surface area contributed by atoms with Crippen LogP contribution in [0.1, 0.15) is 5.56 Å². The fraction of sp³-hybridized carbons (Fsp3) is 0.125. The van der Waals surface area contributed by atoms with Gasteiger partial charge in [0.25, 0.3) is 5.56 Å². The quantitative estimate of drug-likeness (QED) is 0.409. The lowest BCUT2D eigenvalue weighted by atomic mass is 10.1. The fourth-order valence-corrected chi connectivity index (χ4v) is 4.25. The number of ether oxygens (including phenoxy) is 1. The molecule has 9 nitrogen and oxygen atoms in total. The van der Waals surface area contributed by atoms with E-state index in [0.717, 1.165) is 33.3 Å². The molecular weight excluding hydrogens is 454 g/mol. The molecule has 0 amide bonds. The SMILES string of the molecule is COc1ccc2[nH]cc(CCn3cnc4c(nnc5c(-c6ccc(Cl)cc6)cnn54)c3=O)c2c1. The first-order valence-electron chi connectivity index (χ1n) is 10.6. The van der Waals surface area contributed by atoms with Gasteiger partial charge in [0.05, 0.1) is 13.3 Å². The zero-order valence-corrected chi connectivity index (χ0v) is 18.8. The summed E-state index contributed by atoms with van der Waals surface area (Å²) in [6.45, 7) is 0.445. The van der Waals surface area contributed by atoms with Crippen LogP contribution in [0.25, 0.3) is 38.8 Å². The largest absolute Gasteiger partial charge is 0.497 e. The number of H-pyrrole nitrogens is 1. The predicted octanol–water partition coefficient (Wildman–Crippen LogP) is 3.89. The van der Waals surface area contributed by atoms with E-state index in [1.807, 2.05) is 36.5 Å². The third-order valence-electron chi connectivity index (χ3n) is 5.94. The highest BCUT2D eigenvalue weighted by molar-refractivity contribution is 6.30. The summed E-state index contributed by atoms with van der Waals surface area (Å²) < 4.78 is 8.43. The topological polar surface area (TPSA) is 103 Å². The second kappa shape index (κ2) is 7.96. The molecule has 0 atom stereocenters. The van der Waals surface area contributed by atoms with Gasteiger partial charge in [0.15, 0.2) is 16.8 Å². The van der Waals surface area contributed by atoms with E-state index >= 15 is 0 Å². The van der Waals surface area contributed by atoms with Crippen LogP contribution >= 0.6 is 11.6 Å². The normalized spacial score (nSPS) is 11.6. The Kier molecular flexibility index (Phi) is 4.77. The van der Waals surface area contributed by atoms with Crippen LogP contribution in [-0.4, -0.2) is 41.5 Å². The lowest BCUT2D eigenvalue weighted by Crippen LogP contribution is -2.23. The van der Waals surface area contributed by atoms with Gasteiger partial charge in [-0.25, -0.2) is 4.98 Å². The molecule has 1 N–H and O–H groups in total. The van der Waals surface area contributed by atoms with Gasteiger partial charge in [-0.15, -0.1) is 10.2 Å². The minimum Gasteiger partial charge on any atom is -0.497 e. The van der Waals surface area contributed by atoms with Crippen molar-refractivity contribution in [2.75, 3.05) is 7.11 Å². The lowest BCUT2D eigenvalue weighted by Gasteiger charge is -2.07. The van der Waals surface area contributed by atoms with Crippen LogP contribution in [0.15, 0.2) is 66.0 Å². The van der Waals surface area contributed by atoms with Gasteiger partial charge < -0.3 is 9.72 Å². The van der Waals surface area contributed by atoms with E-state index < -0.39 is 0 Å². The highest BCUT2D eigenvalue weighted by Gasteiger charge is 2.16. The first-order valence-corrected chi connectivity index (χ1v) is 11.0. The van der Waals surface area contributed by atoms with E-state index in [-0.39, 0.29) is 11.1 Å². The van der Waals surface area contributed by atoms with Crippen molar-refractivity contribution in [3.05, 3.63) is 82.1 Å². The molecule has 10 heteroatoms. The number of nitrogens with one attached hydrogen (secondary N) is 1. The Bertz CT molecular complexity index is 1730. The molecule has 6 rings (SSSR count). The number of methoxy groups -OCH3 is 1. The average Bonchev–Trinajstić information content (AvgIpc) is 3.48. The smallest absolute Gasteiger partial charge is 0.283 e. The Morgan fingerprint density at radius 2 is 1.94 bits per heavy atom. The van der Waals surface area contributed by atoms with Gasteiger partial charge in [-0.05, 0) is 47.9 Å². The van der Waals surface area contributed by atoms with E-state index in [1.54, 1.807) is 34.5 Å². The summed E-state index contributed by atoms with van der Waals surface area (Å²) in [5.41, 5.74) is 4.58. The molecule has 0 saturated heterocycles. The number of hydrogen-bond acceptors (Lipinski definition) is 6. The molecule has 34 heavy (non-hydrogen) atoms. The van der Waals surface area contributed by atoms with Crippen molar-refractivity contribution in [1.29, 1.82) is 0 Å². The highest BCUT2D eigenvalue weighted by atomic mass is 35.5. The first kappa shape index (κ1) is 20.4. The van der Waals surface area contributed by atoms with Gasteiger partial charge in [-0.1, -0.05) is 23.7 Å². The van der Waals surface area contributed by atoms with Crippen LogP contribution in [0.5, 0.6) is 5.75 Å². The van der Waals surface area contributed by atoms with Crippen molar-refractivity contribution in [3.63, 3.8) is 0 Å². The summed E-state index contributed by atoms with van der Waals surface area (Å²) in [4.78, 5) is 20.9. The molecule has 168 valence electrons. The fourth-order valence-electron chi connectivity index (χ4n) is 4.13. The van der Waals surface area contributed by atoms with Gasteiger partial charge in [-0.3, -0.25) is 9.36 Å². The van der Waals surface area contributed by atoms with Crippen LogP contribution in [-0.2, 0) is 13.0 Å². The van der Waals surface area contributed by atoms with Gasteiger partial charge >= 0.3 is 0 Å². The number of rotatable bonds is 5. The van der Waals surface area contributed by atoms with Gasteiger partial charge in [0, 0.05) is 34.2 Å². The number of benzene rings is 2. The third kappa shape index (κ3) is 3.29. The van der Waals surface area contributed by atoms with Gasteiger partial charge in [-0.2, -0.15) is 9.61 Å². The molecular formula is C24H18ClN7O2. The van der Waals surface area contributed by atoms with E-state index in [0.29, 0.717) is 29.3 Å². The van der Waals surface area contributed by atoms with E-state index in [4.69, 9.17) is 16.3 Å². The van der Waals surface area contributed by atoms with E-state index in [9.17, 15) is 4.79 Å². The summed E-state index contributed by atoms with van der Waals surface area (Å²) >= 11 is 6.00. The number of halogens is 1. The van der Waals surface area contributed by atoms with E-state index in [1.165, 1.54) is 6.33 Å². The maximum absolute atomic E-state index is 13.1. The Hall–Kier alpha value is -4.24. The summed E-state index contributed by atoms with van der Waals surface area (Å²) in [6, 6.07) is 13.2. The minimum atomic E-state index is -0.264. The molecule has 0 aliphatic rings. The Morgan fingerprint density at radius 1 is 1.09 bits per heavy atom. The number of nitrogens with zero attached hydrogens (tertiary/aromatic N) is 6. The molecule has 0 unspecified atom stereocenters. The molecule has 0 spiro atoms. The Morgan fingerprint density at radius 3 is 2.76 bits per heavy atom. The van der Waals surface area contributed by atoms with Gasteiger partial charge in [0.2, 0.25) is 0 Å². The molecule has 0 fully saturated rings. The molecule has 4 heterocycles. The Balaban J connectivity index is 1.35. The molecule has 0 aliphatic heterocycles. The number of aryl methyl sites for hydroxylation is 2. The molecule has 0 bridgehead atoms. The van der Waals surface area contributed by atoms with Crippen molar-refractivity contribution >= 4 is 39.3 Å². The standard InChI is InChI=1S/C24H18ClN7O2/c1-34-17-6-7-20-18(10-17)15(11-26-20)8-9-31-13-27-23-21(24(31)33)29-30-22-19(12-28-32(22)23)14-2-4-16(25)5-3-14/h2-7,10-13,26H,8-9H2,1H3. The van der Waals surface area contributed by atoms with Crippen LogP contribution < -0.4 is 10.3 Å². The zero-order chi connectivity index (χ0) is 23.2. The van der Waals surface area contributed by atoms with Crippen molar-refractivity contribution in [2.45, 2.75) is 13.0 Å². The first-order chi connectivity index (χ1) is 16.6. The van der Waals surface area contributed by atoms with E-state index in [2.05, 4.69) is 25.3 Å². The maximum atomic E-state index is 13.1. The molecule has 6 aromatic rings. The highest BCUT2D eigenvalue weighted by Crippen LogP contribution is 2.26. The second-order valence-corrected chi connectivity index (χ2v) is 8.33. The zero-order valence-electron chi connectivity index (χ0n) is 18.1.